The minimum absolute atomic E-state index is 0.0372. The zero-order valence-corrected chi connectivity index (χ0v) is 27.1. The SMILES string of the molecule is COc1ccccc1C(=O)NCc1nnc(SCC(=O)N2N=C(c3cccs3)C[C@H]2c2ccc(F)cc2)n1-c1cc(C)ccc1C. The van der Waals surface area contributed by atoms with E-state index in [9.17, 15) is 14.0 Å². The Morgan fingerprint density at radius 3 is 2.61 bits per heavy atom. The highest BCUT2D eigenvalue weighted by Gasteiger charge is 2.34. The number of nitrogens with zero attached hydrogens (tertiary/aromatic N) is 5. The summed E-state index contributed by atoms with van der Waals surface area (Å²) < 4.78 is 21.0. The van der Waals surface area contributed by atoms with Gasteiger partial charge in [0.05, 0.1) is 47.3 Å². The van der Waals surface area contributed by atoms with Gasteiger partial charge in [-0.2, -0.15) is 5.10 Å². The number of amides is 2. The number of rotatable bonds is 10. The molecule has 234 valence electrons. The predicted molar refractivity (Wildman–Crippen MR) is 177 cm³/mol. The minimum atomic E-state index is -0.358. The smallest absolute Gasteiger partial charge is 0.255 e. The summed E-state index contributed by atoms with van der Waals surface area (Å²) in [5.41, 5.74) is 4.91. The molecule has 6 rings (SSSR count). The highest BCUT2D eigenvalue weighted by Crippen LogP contribution is 2.35. The Balaban J connectivity index is 1.26. The summed E-state index contributed by atoms with van der Waals surface area (Å²) in [6.45, 7) is 4.09. The molecule has 0 aliphatic carbocycles. The summed E-state index contributed by atoms with van der Waals surface area (Å²) in [6.07, 6.45) is 0.525. The van der Waals surface area contributed by atoms with Gasteiger partial charge in [-0.1, -0.05) is 54.2 Å². The third-order valence-electron chi connectivity index (χ3n) is 7.62. The van der Waals surface area contributed by atoms with E-state index < -0.39 is 0 Å². The van der Waals surface area contributed by atoms with Crippen LogP contribution in [0.25, 0.3) is 5.69 Å². The van der Waals surface area contributed by atoms with Crippen molar-refractivity contribution in [2.24, 2.45) is 5.10 Å². The molecule has 2 aromatic heterocycles. The van der Waals surface area contributed by atoms with Crippen molar-refractivity contribution in [1.29, 1.82) is 0 Å². The van der Waals surface area contributed by atoms with Crippen LogP contribution in [0.4, 0.5) is 4.39 Å². The number of carbonyl (C=O) groups excluding carboxylic acids is 2. The molecule has 1 aliphatic heterocycles. The van der Waals surface area contributed by atoms with Crippen LogP contribution >= 0.6 is 23.1 Å². The van der Waals surface area contributed by atoms with E-state index >= 15 is 0 Å². The average Bonchev–Trinajstić information content (AvgIpc) is 3.84. The maximum absolute atomic E-state index is 13.8. The molecule has 1 N–H and O–H groups in total. The molecule has 1 atom stereocenters. The van der Waals surface area contributed by atoms with Gasteiger partial charge in [-0.3, -0.25) is 14.2 Å². The topological polar surface area (TPSA) is 102 Å². The van der Waals surface area contributed by atoms with E-state index in [1.54, 1.807) is 47.7 Å². The lowest BCUT2D eigenvalue weighted by atomic mass is 10.0. The van der Waals surface area contributed by atoms with Gasteiger partial charge in [-0.15, -0.1) is 21.5 Å². The second kappa shape index (κ2) is 13.7. The Labute approximate surface area is 274 Å². The standard InChI is InChI=1S/C34H31FN6O3S2/c1-21-10-11-22(2)27(17-21)40-31(19-36-33(43)25-7-4-5-8-29(25)44-3)37-38-34(40)46-20-32(42)41-28(23-12-14-24(35)15-13-23)18-26(39-41)30-9-6-16-45-30/h4-17,28H,18-20H2,1-3H3,(H,36,43)/t28-/m0/s1. The third kappa shape index (κ3) is 6.58. The van der Waals surface area contributed by atoms with Gasteiger partial charge < -0.3 is 10.1 Å². The van der Waals surface area contributed by atoms with Crippen molar-refractivity contribution in [3.8, 4) is 11.4 Å². The Morgan fingerprint density at radius 2 is 1.85 bits per heavy atom. The molecule has 0 radical (unpaired) electrons. The Bertz CT molecular complexity index is 1910. The van der Waals surface area contributed by atoms with E-state index in [4.69, 9.17) is 9.84 Å². The molecule has 1 aliphatic rings. The molecule has 2 amide bonds. The highest BCUT2D eigenvalue weighted by atomic mass is 32.2. The van der Waals surface area contributed by atoms with Gasteiger partial charge in [-0.25, -0.2) is 9.40 Å². The molecule has 0 bridgehead atoms. The molecular weight excluding hydrogens is 624 g/mol. The predicted octanol–water partition coefficient (Wildman–Crippen LogP) is 6.49. The fraction of sp³-hybridized carbons (Fsp3) is 0.206. The van der Waals surface area contributed by atoms with Gasteiger partial charge in [0.2, 0.25) is 0 Å². The molecule has 9 nitrogen and oxygen atoms in total. The van der Waals surface area contributed by atoms with Crippen LogP contribution in [0.2, 0.25) is 0 Å². The highest BCUT2D eigenvalue weighted by molar-refractivity contribution is 7.99. The lowest BCUT2D eigenvalue weighted by Crippen LogP contribution is -2.28. The zero-order chi connectivity index (χ0) is 32.2. The second-order valence-electron chi connectivity index (χ2n) is 10.7. The number of methoxy groups -OCH3 is 1. The summed E-state index contributed by atoms with van der Waals surface area (Å²) >= 11 is 2.81. The number of thioether (sulfide) groups is 1. The summed E-state index contributed by atoms with van der Waals surface area (Å²) in [5.74, 6) is 0.155. The van der Waals surface area contributed by atoms with Crippen LogP contribution in [0.5, 0.6) is 5.75 Å². The van der Waals surface area contributed by atoms with Crippen molar-refractivity contribution in [2.75, 3.05) is 12.9 Å². The van der Waals surface area contributed by atoms with Crippen LogP contribution < -0.4 is 10.1 Å². The molecule has 0 saturated heterocycles. The summed E-state index contributed by atoms with van der Waals surface area (Å²) in [6, 6.07) is 22.8. The quantitative estimate of drug-likeness (QED) is 0.173. The van der Waals surface area contributed by atoms with Gasteiger partial charge in [0, 0.05) is 6.42 Å². The fourth-order valence-corrected chi connectivity index (χ4v) is 6.80. The molecule has 0 fully saturated rings. The summed E-state index contributed by atoms with van der Waals surface area (Å²) in [4.78, 5) is 27.9. The van der Waals surface area contributed by atoms with E-state index in [1.165, 1.54) is 36.0 Å². The number of aryl methyl sites for hydroxylation is 2. The van der Waals surface area contributed by atoms with Crippen LogP contribution in [0, 0.1) is 19.7 Å². The minimum Gasteiger partial charge on any atom is -0.496 e. The molecule has 46 heavy (non-hydrogen) atoms. The summed E-state index contributed by atoms with van der Waals surface area (Å²) in [7, 11) is 1.52. The molecule has 0 unspecified atom stereocenters. The van der Waals surface area contributed by atoms with E-state index in [0.717, 1.165) is 33.0 Å². The van der Waals surface area contributed by atoms with Crippen molar-refractivity contribution >= 4 is 40.6 Å². The maximum Gasteiger partial charge on any atom is 0.255 e. The van der Waals surface area contributed by atoms with E-state index in [1.807, 2.05) is 54.1 Å². The maximum atomic E-state index is 13.8. The number of hydrogen-bond donors (Lipinski definition) is 1. The normalized spacial score (nSPS) is 14.3. The monoisotopic (exact) mass is 654 g/mol. The van der Waals surface area contributed by atoms with Gasteiger partial charge in [0.15, 0.2) is 11.0 Å². The van der Waals surface area contributed by atoms with Gasteiger partial charge in [0.25, 0.3) is 11.8 Å². The lowest BCUT2D eigenvalue weighted by Gasteiger charge is -2.22. The largest absolute Gasteiger partial charge is 0.496 e. The van der Waals surface area contributed by atoms with Gasteiger partial charge >= 0.3 is 0 Å². The van der Waals surface area contributed by atoms with Crippen LogP contribution in [0.3, 0.4) is 0 Å². The Hall–Kier alpha value is -4.81. The number of para-hydroxylation sites is 1. The lowest BCUT2D eigenvalue weighted by molar-refractivity contribution is -0.130. The Morgan fingerprint density at radius 1 is 1.04 bits per heavy atom. The van der Waals surface area contributed by atoms with Crippen molar-refractivity contribution in [2.45, 2.75) is 38.0 Å². The molecule has 0 saturated carbocycles. The van der Waals surface area contributed by atoms with Gasteiger partial charge in [-0.05, 0) is 72.3 Å². The molecule has 0 spiro atoms. The fourth-order valence-electron chi connectivity index (χ4n) is 5.27. The summed E-state index contributed by atoms with van der Waals surface area (Å²) in [5, 5.41) is 20.5. The number of aromatic nitrogens is 3. The van der Waals surface area contributed by atoms with Crippen LogP contribution in [-0.4, -0.2) is 50.2 Å². The first-order valence-corrected chi connectivity index (χ1v) is 16.4. The van der Waals surface area contributed by atoms with E-state index in [2.05, 4.69) is 15.5 Å². The molecule has 3 heterocycles. The first-order chi connectivity index (χ1) is 22.3. The molecule has 12 heteroatoms. The number of hydrazone groups is 1. The molecule has 3 aromatic carbocycles. The number of hydrogen-bond acceptors (Lipinski definition) is 8. The van der Waals surface area contributed by atoms with Crippen molar-refractivity contribution in [3.05, 3.63) is 123 Å². The molecular formula is C34H31FN6O3S2. The number of halogens is 1. The number of carbonyl (C=O) groups is 2. The number of benzene rings is 3. The van der Waals surface area contributed by atoms with Crippen LogP contribution in [-0.2, 0) is 11.3 Å². The number of thiophene rings is 1. The Kier molecular flexibility index (Phi) is 9.27. The van der Waals surface area contributed by atoms with Crippen molar-refractivity contribution < 1.29 is 18.7 Å². The van der Waals surface area contributed by atoms with Crippen LogP contribution in [0.1, 0.15) is 50.2 Å². The van der Waals surface area contributed by atoms with E-state index in [0.29, 0.717) is 28.7 Å². The van der Waals surface area contributed by atoms with E-state index in [-0.39, 0.29) is 36.0 Å². The second-order valence-corrected chi connectivity index (χ2v) is 12.6. The molecule has 5 aromatic rings. The first-order valence-electron chi connectivity index (χ1n) is 14.6. The van der Waals surface area contributed by atoms with Crippen molar-refractivity contribution in [3.63, 3.8) is 0 Å². The van der Waals surface area contributed by atoms with Crippen LogP contribution in [0.15, 0.2) is 94.5 Å². The average molecular weight is 655 g/mol. The van der Waals surface area contributed by atoms with Crippen molar-refractivity contribution in [1.82, 2.24) is 25.1 Å². The third-order valence-corrected chi connectivity index (χ3v) is 9.45. The number of nitrogens with one attached hydrogen (secondary N) is 1. The number of ether oxygens (including phenoxy) is 1. The zero-order valence-electron chi connectivity index (χ0n) is 25.4. The first kappa shape index (κ1) is 31.2. The van der Waals surface area contributed by atoms with Gasteiger partial charge in [0.1, 0.15) is 11.6 Å².